The topological polar surface area (TPSA) is 12.0 Å². The third kappa shape index (κ3) is 3.27. The number of benzene rings is 2. The summed E-state index contributed by atoms with van der Waals surface area (Å²) >= 11 is 0. The molecule has 0 aliphatic heterocycles. The molecular formula is C17H23NSi. The molecule has 19 heavy (non-hydrogen) atoms. The molecule has 1 N–H and O–H groups in total. The molecule has 0 aliphatic carbocycles. The fourth-order valence-corrected chi connectivity index (χ4v) is 3.38. The first kappa shape index (κ1) is 13.9. The molecule has 2 aromatic rings. The van der Waals surface area contributed by atoms with Crippen LogP contribution in [0.4, 0.5) is 11.4 Å². The first-order valence-electron chi connectivity index (χ1n) is 6.82. The molecule has 0 heterocycles. The average Bonchev–Trinajstić information content (AvgIpc) is 2.33. The molecule has 1 nitrogen and oxygen atoms in total. The lowest BCUT2D eigenvalue weighted by Crippen LogP contribution is -2.37. The summed E-state index contributed by atoms with van der Waals surface area (Å²) < 4.78 is 0. The predicted molar refractivity (Wildman–Crippen MR) is 88.6 cm³/mol. The van der Waals surface area contributed by atoms with Crippen molar-refractivity contribution in [2.24, 2.45) is 0 Å². The van der Waals surface area contributed by atoms with Crippen molar-refractivity contribution in [3.8, 4) is 0 Å². The molecule has 0 saturated heterocycles. The zero-order valence-electron chi connectivity index (χ0n) is 12.5. The van der Waals surface area contributed by atoms with E-state index in [1.54, 1.807) is 0 Å². The first-order chi connectivity index (χ1) is 8.88. The zero-order valence-corrected chi connectivity index (χ0v) is 13.5. The third-order valence-electron chi connectivity index (χ3n) is 3.50. The van der Waals surface area contributed by atoms with Gasteiger partial charge in [-0.05, 0) is 37.1 Å². The van der Waals surface area contributed by atoms with Crippen molar-refractivity contribution < 1.29 is 0 Å². The maximum Gasteiger partial charge on any atom is 0.0775 e. The van der Waals surface area contributed by atoms with Crippen molar-refractivity contribution in [2.45, 2.75) is 33.5 Å². The van der Waals surface area contributed by atoms with Gasteiger partial charge < -0.3 is 5.32 Å². The lowest BCUT2D eigenvalue weighted by Gasteiger charge is -2.18. The lowest BCUT2D eigenvalue weighted by molar-refractivity contribution is 1.36. The van der Waals surface area contributed by atoms with Crippen molar-refractivity contribution in [1.29, 1.82) is 0 Å². The molecule has 0 radical (unpaired) electrons. The summed E-state index contributed by atoms with van der Waals surface area (Å²) in [5, 5.41) is 5.03. The van der Waals surface area contributed by atoms with Crippen LogP contribution in [0, 0.1) is 13.8 Å². The van der Waals surface area contributed by atoms with Crippen molar-refractivity contribution in [1.82, 2.24) is 0 Å². The van der Waals surface area contributed by atoms with E-state index in [0.29, 0.717) is 0 Å². The van der Waals surface area contributed by atoms with Crippen molar-refractivity contribution in [3.05, 3.63) is 53.6 Å². The number of hydrogen-bond donors (Lipinski definition) is 1. The lowest BCUT2D eigenvalue weighted by atomic mass is 10.1. The number of nitrogens with one attached hydrogen (secondary N) is 1. The fraction of sp³-hybridized carbons (Fsp3) is 0.294. The smallest absolute Gasteiger partial charge is 0.0775 e. The Labute approximate surface area is 117 Å². The summed E-state index contributed by atoms with van der Waals surface area (Å²) in [7, 11) is -1.20. The number of hydrogen-bond acceptors (Lipinski definition) is 1. The SMILES string of the molecule is Cc1cccc(C)c1Nc1ccc([Si](C)(C)C)cc1. The second-order valence-corrected chi connectivity index (χ2v) is 11.3. The fourth-order valence-electron chi connectivity index (χ4n) is 2.21. The zero-order chi connectivity index (χ0) is 14.0. The summed E-state index contributed by atoms with van der Waals surface area (Å²) in [4.78, 5) is 0. The van der Waals surface area contributed by atoms with Crippen molar-refractivity contribution in [3.63, 3.8) is 0 Å². The van der Waals surface area contributed by atoms with E-state index in [4.69, 9.17) is 0 Å². The average molecular weight is 269 g/mol. The highest BCUT2D eigenvalue weighted by Crippen LogP contribution is 2.23. The van der Waals surface area contributed by atoms with Crippen LogP contribution in [0.3, 0.4) is 0 Å². The molecule has 0 fully saturated rings. The maximum absolute atomic E-state index is 3.53. The van der Waals surface area contributed by atoms with Gasteiger partial charge in [-0.2, -0.15) is 0 Å². The maximum atomic E-state index is 3.53. The van der Waals surface area contributed by atoms with Crippen LogP contribution in [0.2, 0.25) is 19.6 Å². The van der Waals surface area contributed by atoms with Gasteiger partial charge in [0, 0.05) is 11.4 Å². The molecule has 2 rings (SSSR count). The third-order valence-corrected chi connectivity index (χ3v) is 5.57. The molecule has 2 heteroatoms. The monoisotopic (exact) mass is 269 g/mol. The van der Waals surface area contributed by atoms with Gasteiger partial charge in [-0.25, -0.2) is 0 Å². The van der Waals surface area contributed by atoms with E-state index in [9.17, 15) is 0 Å². The Hall–Kier alpha value is -1.54. The first-order valence-corrected chi connectivity index (χ1v) is 10.3. The number of aryl methyl sites for hydroxylation is 2. The molecule has 100 valence electrons. The molecule has 0 saturated carbocycles. The second kappa shape index (κ2) is 5.22. The van der Waals surface area contributed by atoms with E-state index in [1.807, 2.05) is 0 Å². The minimum absolute atomic E-state index is 1.17. The summed E-state index contributed by atoms with van der Waals surface area (Å²) in [5.74, 6) is 0. The molecule has 0 bridgehead atoms. The Morgan fingerprint density at radius 1 is 0.789 bits per heavy atom. The van der Waals surface area contributed by atoms with Gasteiger partial charge in [0.1, 0.15) is 0 Å². The van der Waals surface area contributed by atoms with Crippen LogP contribution in [-0.4, -0.2) is 8.07 Å². The van der Waals surface area contributed by atoms with E-state index in [2.05, 4.69) is 81.3 Å². The van der Waals surface area contributed by atoms with Crippen LogP contribution >= 0.6 is 0 Å². The molecular weight excluding hydrogens is 246 g/mol. The predicted octanol–water partition coefficient (Wildman–Crippen LogP) is 4.59. The quantitative estimate of drug-likeness (QED) is 0.803. The van der Waals surface area contributed by atoms with Gasteiger partial charge in [-0.15, -0.1) is 0 Å². The molecule has 0 aromatic heterocycles. The second-order valence-electron chi connectivity index (χ2n) is 6.22. The standard InChI is InChI=1S/C17H23NSi/c1-13-7-6-8-14(2)17(13)18-15-9-11-16(12-10-15)19(3,4)5/h6-12,18H,1-5H3. The minimum Gasteiger partial charge on any atom is -0.355 e. The molecule has 0 aliphatic rings. The van der Waals surface area contributed by atoms with Gasteiger partial charge in [0.2, 0.25) is 0 Å². The van der Waals surface area contributed by atoms with Gasteiger partial charge in [0.05, 0.1) is 8.07 Å². The van der Waals surface area contributed by atoms with E-state index >= 15 is 0 Å². The molecule has 0 spiro atoms. The van der Waals surface area contributed by atoms with Gasteiger partial charge in [0.25, 0.3) is 0 Å². The number of rotatable bonds is 3. The Morgan fingerprint density at radius 3 is 1.79 bits per heavy atom. The van der Waals surface area contributed by atoms with Crippen LogP contribution in [0.5, 0.6) is 0 Å². The number of anilines is 2. The summed E-state index contributed by atoms with van der Waals surface area (Å²) in [6, 6.07) is 15.3. The normalized spacial score (nSPS) is 11.4. The van der Waals surface area contributed by atoms with Gasteiger partial charge >= 0.3 is 0 Å². The largest absolute Gasteiger partial charge is 0.355 e. The van der Waals surface area contributed by atoms with Crippen LogP contribution in [-0.2, 0) is 0 Å². The van der Waals surface area contributed by atoms with E-state index < -0.39 is 8.07 Å². The Bertz CT molecular complexity index is 545. The van der Waals surface area contributed by atoms with Crippen LogP contribution in [0.1, 0.15) is 11.1 Å². The molecule has 0 amide bonds. The van der Waals surface area contributed by atoms with Crippen LogP contribution < -0.4 is 10.5 Å². The highest BCUT2D eigenvalue weighted by atomic mass is 28.3. The summed E-state index contributed by atoms with van der Waals surface area (Å²) in [5.41, 5.74) is 4.96. The summed E-state index contributed by atoms with van der Waals surface area (Å²) in [6.45, 7) is 11.4. The van der Waals surface area contributed by atoms with Crippen LogP contribution in [0.25, 0.3) is 0 Å². The highest BCUT2D eigenvalue weighted by molar-refractivity contribution is 6.88. The van der Waals surface area contributed by atoms with Crippen molar-refractivity contribution >= 4 is 24.6 Å². The summed E-state index contributed by atoms with van der Waals surface area (Å²) in [6.07, 6.45) is 0. The molecule has 0 unspecified atom stereocenters. The van der Waals surface area contributed by atoms with E-state index in [1.165, 1.54) is 27.7 Å². The van der Waals surface area contributed by atoms with E-state index in [0.717, 1.165) is 0 Å². The van der Waals surface area contributed by atoms with Crippen molar-refractivity contribution in [2.75, 3.05) is 5.32 Å². The van der Waals surface area contributed by atoms with Gasteiger partial charge in [-0.1, -0.05) is 55.2 Å². The van der Waals surface area contributed by atoms with Gasteiger partial charge in [-0.3, -0.25) is 0 Å². The van der Waals surface area contributed by atoms with Gasteiger partial charge in [0.15, 0.2) is 0 Å². The van der Waals surface area contributed by atoms with E-state index in [-0.39, 0.29) is 0 Å². The Balaban J connectivity index is 2.25. The van der Waals surface area contributed by atoms with Crippen LogP contribution in [0.15, 0.2) is 42.5 Å². The Kier molecular flexibility index (Phi) is 3.81. The Morgan fingerprint density at radius 2 is 1.32 bits per heavy atom. The highest BCUT2D eigenvalue weighted by Gasteiger charge is 2.15. The number of para-hydroxylation sites is 1. The molecule has 0 atom stereocenters. The minimum atomic E-state index is -1.20. The molecule has 2 aromatic carbocycles.